The minimum Gasteiger partial charge on any atom is -0.368 e. The van der Waals surface area contributed by atoms with E-state index in [1.165, 1.54) is 6.42 Å². The molecular formula is C19H30N4O2. The number of nitrogens with zero attached hydrogens (tertiary/aromatic N) is 2. The van der Waals surface area contributed by atoms with Gasteiger partial charge in [0.1, 0.15) is 5.54 Å². The molecular weight excluding hydrogens is 316 g/mol. The van der Waals surface area contributed by atoms with Gasteiger partial charge in [-0.1, -0.05) is 38.5 Å². The van der Waals surface area contributed by atoms with E-state index in [1.807, 2.05) is 4.90 Å². The lowest BCUT2D eigenvalue weighted by atomic mass is 9.84. The van der Waals surface area contributed by atoms with Crippen LogP contribution < -0.4 is 11.1 Å². The molecule has 3 atom stereocenters. The molecule has 0 aromatic rings. The molecule has 0 aromatic carbocycles. The number of primary amides is 1. The Bertz CT molecular complexity index is 548. The zero-order valence-corrected chi connectivity index (χ0v) is 15.0. The predicted octanol–water partition coefficient (Wildman–Crippen LogP) is 1.84. The molecule has 0 radical (unpaired) electrons. The van der Waals surface area contributed by atoms with Gasteiger partial charge in [-0.2, -0.15) is 5.26 Å². The summed E-state index contributed by atoms with van der Waals surface area (Å²) in [7, 11) is 0. The first kappa shape index (κ1) is 18.2. The summed E-state index contributed by atoms with van der Waals surface area (Å²) in [5, 5.41) is 12.7. The Labute approximate surface area is 150 Å². The van der Waals surface area contributed by atoms with E-state index in [2.05, 4.69) is 11.4 Å². The number of likely N-dealkylation sites (tertiary alicyclic amines) is 1. The van der Waals surface area contributed by atoms with Crippen LogP contribution in [0.1, 0.15) is 70.6 Å². The molecule has 25 heavy (non-hydrogen) atoms. The topological polar surface area (TPSA) is 99.2 Å². The van der Waals surface area contributed by atoms with Crippen LogP contribution in [0.15, 0.2) is 0 Å². The van der Waals surface area contributed by atoms with Gasteiger partial charge in [-0.25, -0.2) is 0 Å². The molecule has 6 heteroatoms. The maximum Gasteiger partial charge on any atom is 0.235 e. The van der Waals surface area contributed by atoms with Crippen molar-refractivity contribution in [3.8, 4) is 6.07 Å². The second-order valence-electron chi connectivity index (χ2n) is 8.09. The van der Waals surface area contributed by atoms with E-state index in [0.717, 1.165) is 64.2 Å². The largest absolute Gasteiger partial charge is 0.368 e. The molecule has 3 N–H and O–H groups in total. The highest BCUT2D eigenvalue weighted by Gasteiger charge is 2.45. The van der Waals surface area contributed by atoms with Crippen LogP contribution >= 0.6 is 0 Å². The quantitative estimate of drug-likeness (QED) is 0.759. The second-order valence-corrected chi connectivity index (χ2v) is 8.09. The lowest BCUT2D eigenvalue weighted by Crippen LogP contribution is -2.54. The van der Waals surface area contributed by atoms with Crippen molar-refractivity contribution in [3.63, 3.8) is 0 Å². The second kappa shape index (κ2) is 7.74. The summed E-state index contributed by atoms with van der Waals surface area (Å²) < 4.78 is 0. The van der Waals surface area contributed by atoms with Crippen molar-refractivity contribution in [2.24, 2.45) is 11.7 Å². The smallest absolute Gasteiger partial charge is 0.235 e. The molecule has 0 spiro atoms. The molecule has 2 saturated carbocycles. The molecule has 138 valence electrons. The Kier molecular flexibility index (Phi) is 5.63. The zero-order chi connectivity index (χ0) is 17.9. The number of nitrogens with one attached hydrogen (secondary N) is 1. The van der Waals surface area contributed by atoms with Crippen LogP contribution in [-0.2, 0) is 9.59 Å². The van der Waals surface area contributed by atoms with Gasteiger partial charge in [0.25, 0.3) is 0 Å². The first-order chi connectivity index (χ1) is 12.0. The number of nitrogens with two attached hydrogens (primary N) is 1. The molecule has 2 amide bonds. The Morgan fingerprint density at radius 1 is 1.12 bits per heavy atom. The van der Waals surface area contributed by atoms with E-state index >= 15 is 0 Å². The van der Waals surface area contributed by atoms with Crippen LogP contribution in [-0.4, -0.2) is 40.9 Å². The number of hydrogen-bond acceptors (Lipinski definition) is 4. The van der Waals surface area contributed by atoms with Crippen molar-refractivity contribution in [1.82, 2.24) is 10.2 Å². The average molecular weight is 346 g/mol. The predicted molar refractivity (Wildman–Crippen MR) is 94.2 cm³/mol. The number of carbonyl (C=O) groups excluding carboxylic acids is 2. The van der Waals surface area contributed by atoms with Crippen molar-refractivity contribution >= 4 is 11.8 Å². The molecule has 1 aliphatic heterocycles. The number of nitriles is 1. The number of carbonyl (C=O) groups is 2. The van der Waals surface area contributed by atoms with Gasteiger partial charge in [0.15, 0.2) is 0 Å². The molecule has 1 saturated heterocycles. The molecule has 1 heterocycles. The SMILES string of the molecule is N#CC1(NC(=O)CN2[C@H](C(N)=O)C[C@@H]3CCCC[C@@H]32)CCCCCC1. The minimum atomic E-state index is -0.735. The third-order valence-electron chi connectivity index (χ3n) is 6.43. The fourth-order valence-corrected chi connectivity index (χ4v) is 5.13. The van der Waals surface area contributed by atoms with E-state index < -0.39 is 5.54 Å². The van der Waals surface area contributed by atoms with E-state index in [9.17, 15) is 14.9 Å². The van der Waals surface area contributed by atoms with Crippen molar-refractivity contribution in [1.29, 1.82) is 5.26 Å². The van der Waals surface area contributed by atoms with E-state index in [0.29, 0.717) is 5.92 Å². The van der Waals surface area contributed by atoms with E-state index in [-0.39, 0.29) is 30.4 Å². The van der Waals surface area contributed by atoms with Gasteiger partial charge in [0.2, 0.25) is 11.8 Å². The number of amides is 2. The Balaban J connectivity index is 1.67. The summed E-state index contributed by atoms with van der Waals surface area (Å²) in [5.41, 5.74) is 4.88. The summed E-state index contributed by atoms with van der Waals surface area (Å²) >= 11 is 0. The van der Waals surface area contributed by atoms with Gasteiger partial charge in [0, 0.05) is 6.04 Å². The summed E-state index contributed by atoms with van der Waals surface area (Å²) in [6.45, 7) is 0.179. The third-order valence-corrected chi connectivity index (χ3v) is 6.43. The van der Waals surface area contributed by atoms with Crippen LogP contribution in [0, 0.1) is 17.2 Å². The summed E-state index contributed by atoms with van der Waals surface area (Å²) in [4.78, 5) is 26.6. The van der Waals surface area contributed by atoms with E-state index in [1.54, 1.807) is 0 Å². The van der Waals surface area contributed by atoms with Crippen molar-refractivity contribution in [3.05, 3.63) is 0 Å². The molecule has 3 rings (SSSR count). The first-order valence-corrected chi connectivity index (χ1v) is 9.82. The molecule has 0 bridgehead atoms. The van der Waals surface area contributed by atoms with Crippen molar-refractivity contribution in [2.75, 3.05) is 6.54 Å². The van der Waals surface area contributed by atoms with Crippen LogP contribution in [0.25, 0.3) is 0 Å². The Hall–Kier alpha value is -1.61. The van der Waals surface area contributed by atoms with Crippen LogP contribution in [0.4, 0.5) is 0 Å². The molecule has 0 unspecified atom stereocenters. The summed E-state index contributed by atoms with van der Waals surface area (Å²) in [5.74, 6) is 0.00874. The van der Waals surface area contributed by atoms with Crippen molar-refractivity contribution < 1.29 is 9.59 Å². The lowest BCUT2D eigenvalue weighted by Gasteiger charge is -2.34. The summed E-state index contributed by atoms with van der Waals surface area (Å²) in [6.07, 6.45) is 10.9. The fourth-order valence-electron chi connectivity index (χ4n) is 5.13. The number of hydrogen-bond donors (Lipinski definition) is 2. The molecule has 0 aromatic heterocycles. The van der Waals surface area contributed by atoms with Crippen LogP contribution in [0.3, 0.4) is 0 Å². The average Bonchev–Trinajstić information content (AvgIpc) is 2.80. The number of fused-ring (bicyclic) bond motifs is 1. The van der Waals surface area contributed by atoms with Crippen LogP contribution in [0.2, 0.25) is 0 Å². The molecule has 3 fully saturated rings. The number of rotatable bonds is 4. The van der Waals surface area contributed by atoms with Gasteiger partial charge >= 0.3 is 0 Å². The van der Waals surface area contributed by atoms with Gasteiger partial charge < -0.3 is 11.1 Å². The highest BCUT2D eigenvalue weighted by Crippen LogP contribution is 2.39. The fraction of sp³-hybridized carbons (Fsp3) is 0.842. The maximum absolute atomic E-state index is 12.7. The highest BCUT2D eigenvalue weighted by molar-refractivity contribution is 5.83. The Morgan fingerprint density at radius 3 is 2.44 bits per heavy atom. The first-order valence-electron chi connectivity index (χ1n) is 9.82. The highest BCUT2D eigenvalue weighted by atomic mass is 16.2. The van der Waals surface area contributed by atoms with Gasteiger partial charge in [-0.05, 0) is 38.0 Å². The molecule has 2 aliphatic carbocycles. The van der Waals surface area contributed by atoms with Crippen LogP contribution in [0.5, 0.6) is 0 Å². The zero-order valence-electron chi connectivity index (χ0n) is 15.0. The summed E-state index contributed by atoms with van der Waals surface area (Å²) in [6, 6.07) is 2.30. The Morgan fingerprint density at radius 2 is 1.80 bits per heavy atom. The normalized spacial score (nSPS) is 32.2. The standard InChI is InChI=1S/C19H30N4O2/c20-13-19(9-5-1-2-6-10-19)22-17(24)12-23-15-8-4-3-7-14(15)11-16(23)18(21)25/h14-16H,1-12H2,(H2,21,25)(H,22,24)/t14-,15-,16-/m0/s1. The molecule has 3 aliphatic rings. The monoisotopic (exact) mass is 346 g/mol. The van der Waals surface area contributed by atoms with Gasteiger partial charge in [-0.3, -0.25) is 14.5 Å². The van der Waals surface area contributed by atoms with Gasteiger partial charge in [-0.15, -0.1) is 0 Å². The third kappa shape index (κ3) is 3.98. The lowest BCUT2D eigenvalue weighted by molar-refractivity contribution is -0.127. The minimum absolute atomic E-state index is 0.138. The van der Waals surface area contributed by atoms with Crippen molar-refractivity contribution in [2.45, 2.75) is 88.3 Å². The van der Waals surface area contributed by atoms with E-state index in [4.69, 9.17) is 5.73 Å². The maximum atomic E-state index is 12.7. The van der Waals surface area contributed by atoms with Gasteiger partial charge in [0.05, 0.1) is 18.7 Å². The molecule has 6 nitrogen and oxygen atoms in total.